The molecule has 0 atom stereocenters. The van der Waals surface area contributed by atoms with Crippen LogP contribution >= 0.6 is 0 Å². The number of aryl methyl sites for hydroxylation is 2. The Bertz CT molecular complexity index is 987. The van der Waals surface area contributed by atoms with Gasteiger partial charge >= 0.3 is 5.97 Å². The number of carboxylic acids is 1. The van der Waals surface area contributed by atoms with Crippen LogP contribution in [0.1, 0.15) is 52.6 Å². The Kier molecular flexibility index (Phi) is 8.72. The zero-order valence-electron chi connectivity index (χ0n) is 19.3. The Balaban J connectivity index is 0.00000176. The van der Waals surface area contributed by atoms with Crippen LogP contribution in [0.3, 0.4) is 0 Å². The number of rotatable bonds is 5. The van der Waals surface area contributed by atoms with Crippen molar-refractivity contribution in [2.24, 2.45) is 0 Å². The standard InChI is InChI=1S/C22H25F2N3O3.C2H6/c1-4-26-7-9-27(10-8-26)21(28)15-12-16(22(29)30)20(19(24)18(15)23)25-17-6-5-13(2)11-14(17)3;1-2/h5-6,11-12,25H,4,7-10H2,1-3H3,(H,29,30);1-2H3. The largest absolute Gasteiger partial charge is 0.478 e. The molecule has 0 radical (unpaired) electrons. The van der Waals surface area contributed by atoms with Gasteiger partial charge in [-0.2, -0.15) is 0 Å². The van der Waals surface area contributed by atoms with Crippen molar-refractivity contribution in [3.63, 3.8) is 0 Å². The third-order valence-electron chi connectivity index (χ3n) is 5.42. The molecule has 8 heteroatoms. The molecule has 3 rings (SSSR count). The van der Waals surface area contributed by atoms with E-state index in [-0.39, 0.29) is 0 Å². The predicted octanol–water partition coefficient (Wildman–Crippen LogP) is 4.83. The Morgan fingerprint density at radius 3 is 2.16 bits per heavy atom. The molecule has 1 aliphatic heterocycles. The lowest BCUT2D eigenvalue weighted by Crippen LogP contribution is -2.48. The van der Waals surface area contributed by atoms with Gasteiger partial charge in [-0.1, -0.05) is 38.5 Å². The van der Waals surface area contributed by atoms with Crippen LogP contribution in [0.25, 0.3) is 0 Å². The molecule has 2 aromatic rings. The van der Waals surface area contributed by atoms with E-state index in [2.05, 4.69) is 10.2 Å². The summed E-state index contributed by atoms with van der Waals surface area (Å²) >= 11 is 0. The molecule has 0 aromatic heterocycles. The maximum atomic E-state index is 14.9. The number of halogens is 2. The first-order valence-corrected chi connectivity index (χ1v) is 10.8. The molecular weight excluding hydrogens is 416 g/mol. The van der Waals surface area contributed by atoms with Gasteiger partial charge < -0.3 is 20.2 Å². The summed E-state index contributed by atoms with van der Waals surface area (Å²) in [5, 5.41) is 12.3. The Hall–Kier alpha value is -3.00. The third-order valence-corrected chi connectivity index (χ3v) is 5.42. The molecule has 0 spiro atoms. The number of amides is 1. The first kappa shape index (κ1) is 25.3. The molecule has 1 heterocycles. The van der Waals surface area contributed by atoms with Crippen LogP contribution in [-0.2, 0) is 0 Å². The lowest BCUT2D eigenvalue weighted by atomic mass is 10.0. The van der Waals surface area contributed by atoms with E-state index in [1.807, 2.05) is 33.8 Å². The number of piperazine rings is 1. The average molecular weight is 448 g/mol. The van der Waals surface area contributed by atoms with Crippen molar-refractivity contribution in [3.8, 4) is 0 Å². The minimum atomic E-state index is -1.45. The molecule has 1 saturated heterocycles. The van der Waals surface area contributed by atoms with Crippen molar-refractivity contribution in [2.45, 2.75) is 34.6 Å². The summed E-state index contributed by atoms with van der Waals surface area (Å²) < 4.78 is 29.8. The molecule has 0 unspecified atom stereocenters. The highest BCUT2D eigenvalue weighted by Crippen LogP contribution is 2.31. The minimum absolute atomic E-state index is 0.374. The topological polar surface area (TPSA) is 72.9 Å². The molecule has 174 valence electrons. The van der Waals surface area contributed by atoms with Crippen LogP contribution in [0.2, 0.25) is 0 Å². The number of carbonyl (C=O) groups is 2. The summed E-state index contributed by atoms with van der Waals surface area (Å²) in [4.78, 5) is 28.1. The Labute approximate surface area is 187 Å². The van der Waals surface area contributed by atoms with Crippen LogP contribution in [0.5, 0.6) is 0 Å². The Morgan fingerprint density at radius 2 is 1.62 bits per heavy atom. The van der Waals surface area contributed by atoms with Crippen molar-refractivity contribution < 1.29 is 23.5 Å². The normalized spacial score (nSPS) is 13.9. The van der Waals surface area contributed by atoms with Gasteiger partial charge in [0.2, 0.25) is 0 Å². The number of benzene rings is 2. The predicted molar refractivity (Wildman–Crippen MR) is 122 cm³/mol. The summed E-state index contributed by atoms with van der Waals surface area (Å²) in [6.07, 6.45) is 0. The van der Waals surface area contributed by atoms with E-state index in [1.54, 1.807) is 19.1 Å². The fourth-order valence-electron chi connectivity index (χ4n) is 3.60. The van der Waals surface area contributed by atoms with Gasteiger partial charge in [-0.05, 0) is 38.1 Å². The molecule has 32 heavy (non-hydrogen) atoms. The number of hydrogen-bond acceptors (Lipinski definition) is 4. The third kappa shape index (κ3) is 5.43. The highest BCUT2D eigenvalue weighted by atomic mass is 19.2. The molecule has 0 bridgehead atoms. The maximum Gasteiger partial charge on any atom is 0.337 e. The summed E-state index contributed by atoms with van der Waals surface area (Å²) in [6, 6.07) is 6.20. The number of nitrogens with zero attached hydrogens (tertiary/aromatic N) is 2. The van der Waals surface area contributed by atoms with E-state index in [0.29, 0.717) is 31.9 Å². The molecule has 0 saturated carbocycles. The number of likely N-dealkylation sites (N-methyl/N-ethyl adjacent to an activating group) is 1. The lowest BCUT2D eigenvalue weighted by Gasteiger charge is -2.34. The number of carboxylic acid groups (broad SMARTS) is 1. The zero-order valence-corrected chi connectivity index (χ0v) is 19.3. The second kappa shape index (κ2) is 11.0. The van der Waals surface area contributed by atoms with Crippen LogP contribution in [-0.4, -0.2) is 59.5 Å². The molecule has 6 nitrogen and oxygen atoms in total. The molecule has 1 fully saturated rings. The van der Waals surface area contributed by atoms with Crippen molar-refractivity contribution in [2.75, 3.05) is 38.0 Å². The quantitative estimate of drug-likeness (QED) is 0.687. The van der Waals surface area contributed by atoms with E-state index in [1.165, 1.54) is 4.90 Å². The van der Waals surface area contributed by atoms with E-state index < -0.39 is 40.3 Å². The maximum absolute atomic E-state index is 14.9. The molecule has 0 aliphatic carbocycles. The van der Waals surface area contributed by atoms with Gasteiger partial charge in [0.25, 0.3) is 5.91 Å². The van der Waals surface area contributed by atoms with Gasteiger partial charge in [0, 0.05) is 31.9 Å². The van der Waals surface area contributed by atoms with Gasteiger partial charge in [-0.3, -0.25) is 4.79 Å². The summed E-state index contributed by atoms with van der Waals surface area (Å²) in [5.41, 5.74) is 0.619. The highest BCUT2D eigenvalue weighted by Gasteiger charge is 2.29. The first-order valence-electron chi connectivity index (χ1n) is 10.8. The molecule has 1 aliphatic rings. The van der Waals surface area contributed by atoms with Crippen LogP contribution < -0.4 is 5.32 Å². The lowest BCUT2D eigenvalue weighted by molar-refractivity contribution is 0.0637. The molecular formula is C24H31F2N3O3. The van der Waals surface area contributed by atoms with Gasteiger partial charge in [0.15, 0.2) is 11.6 Å². The SMILES string of the molecule is CC.CCN1CCN(C(=O)c2cc(C(=O)O)c(Nc3ccc(C)cc3C)c(F)c2F)CC1. The number of carbonyl (C=O) groups excluding carboxylic acids is 1. The minimum Gasteiger partial charge on any atom is -0.478 e. The summed E-state index contributed by atoms with van der Waals surface area (Å²) in [7, 11) is 0. The van der Waals surface area contributed by atoms with E-state index >= 15 is 0 Å². The second-order valence-corrected chi connectivity index (χ2v) is 7.45. The monoisotopic (exact) mass is 447 g/mol. The number of nitrogens with one attached hydrogen (secondary N) is 1. The first-order chi connectivity index (χ1) is 15.2. The fourth-order valence-corrected chi connectivity index (χ4v) is 3.60. The van der Waals surface area contributed by atoms with Gasteiger partial charge in [-0.25, -0.2) is 13.6 Å². The highest BCUT2D eigenvalue weighted by molar-refractivity contribution is 6.01. The summed E-state index contributed by atoms with van der Waals surface area (Å²) in [6.45, 7) is 12.5. The van der Waals surface area contributed by atoms with Gasteiger partial charge in [-0.15, -0.1) is 0 Å². The average Bonchev–Trinajstić information content (AvgIpc) is 2.79. The number of aromatic carboxylic acids is 1. The van der Waals surface area contributed by atoms with E-state index in [9.17, 15) is 23.5 Å². The van der Waals surface area contributed by atoms with Crippen molar-refractivity contribution >= 4 is 23.3 Å². The van der Waals surface area contributed by atoms with Gasteiger partial charge in [0.1, 0.15) is 0 Å². The van der Waals surface area contributed by atoms with Crippen molar-refractivity contribution in [1.29, 1.82) is 0 Å². The van der Waals surface area contributed by atoms with Crippen molar-refractivity contribution in [3.05, 3.63) is 58.2 Å². The molecule has 2 aromatic carbocycles. The zero-order chi connectivity index (χ0) is 24.0. The number of anilines is 2. The van der Waals surface area contributed by atoms with E-state index in [4.69, 9.17) is 0 Å². The second-order valence-electron chi connectivity index (χ2n) is 7.45. The Morgan fingerprint density at radius 1 is 1.00 bits per heavy atom. The smallest absolute Gasteiger partial charge is 0.337 e. The number of hydrogen-bond donors (Lipinski definition) is 2. The van der Waals surface area contributed by atoms with Crippen LogP contribution in [0.15, 0.2) is 24.3 Å². The van der Waals surface area contributed by atoms with Crippen LogP contribution in [0.4, 0.5) is 20.2 Å². The molecule has 1 amide bonds. The fraction of sp³-hybridized carbons (Fsp3) is 0.417. The van der Waals surface area contributed by atoms with Crippen LogP contribution in [0, 0.1) is 25.5 Å². The molecule has 2 N–H and O–H groups in total. The summed E-state index contributed by atoms with van der Waals surface area (Å²) in [5.74, 6) is -4.89. The van der Waals surface area contributed by atoms with E-state index in [0.717, 1.165) is 23.7 Å². The van der Waals surface area contributed by atoms with Crippen molar-refractivity contribution in [1.82, 2.24) is 9.80 Å². The van der Waals surface area contributed by atoms with Gasteiger partial charge in [0.05, 0.1) is 16.8 Å².